The zero-order valence-electron chi connectivity index (χ0n) is 13.0. The molecule has 2 aromatic carbocycles. The number of nitrogens with one attached hydrogen (secondary N) is 1. The fourth-order valence-electron chi connectivity index (χ4n) is 1.87. The zero-order valence-corrected chi connectivity index (χ0v) is 16.2. The van der Waals surface area contributed by atoms with Crippen molar-refractivity contribution in [3.05, 3.63) is 57.0 Å². The first-order chi connectivity index (χ1) is 11.4. The monoisotopic (exact) mass is 455 g/mol. The van der Waals surface area contributed by atoms with E-state index in [1.54, 1.807) is 37.3 Å². The minimum atomic E-state index is -0.692. The van der Waals surface area contributed by atoms with Gasteiger partial charge in [-0.3, -0.25) is 4.79 Å². The maximum absolute atomic E-state index is 12.2. The van der Waals surface area contributed by atoms with Crippen LogP contribution in [0.25, 0.3) is 0 Å². The van der Waals surface area contributed by atoms with Gasteiger partial charge in [-0.1, -0.05) is 15.9 Å². The lowest BCUT2D eigenvalue weighted by Crippen LogP contribution is -2.30. The molecule has 0 bridgehead atoms. The first-order valence-corrected chi connectivity index (χ1v) is 8.60. The summed E-state index contributed by atoms with van der Waals surface area (Å²) in [5.41, 5.74) is 0.983. The molecule has 126 valence electrons. The molecule has 7 heteroatoms. The number of hydrogen-bond acceptors (Lipinski definition) is 4. The van der Waals surface area contributed by atoms with Crippen LogP contribution in [0.4, 0.5) is 5.69 Å². The van der Waals surface area contributed by atoms with Gasteiger partial charge in [-0.15, -0.1) is 0 Å². The van der Waals surface area contributed by atoms with Crippen molar-refractivity contribution in [2.75, 3.05) is 12.4 Å². The van der Waals surface area contributed by atoms with Crippen LogP contribution in [0.2, 0.25) is 0 Å². The van der Waals surface area contributed by atoms with Crippen LogP contribution in [-0.4, -0.2) is 25.1 Å². The highest BCUT2D eigenvalue weighted by atomic mass is 79.9. The summed E-state index contributed by atoms with van der Waals surface area (Å²) < 4.78 is 11.9. The van der Waals surface area contributed by atoms with E-state index in [-0.39, 0.29) is 5.91 Å². The van der Waals surface area contributed by atoms with Crippen LogP contribution in [-0.2, 0) is 9.53 Å². The van der Waals surface area contributed by atoms with Gasteiger partial charge in [0.15, 0.2) is 6.10 Å². The average molecular weight is 457 g/mol. The Morgan fingerprint density at radius 1 is 1.08 bits per heavy atom. The molecule has 5 nitrogen and oxygen atoms in total. The second-order valence-electron chi connectivity index (χ2n) is 4.89. The Balaban J connectivity index is 1.99. The van der Waals surface area contributed by atoms with Crippen molar-refractivity contribution in [3.63, 3.8) is 0 Å². The van der Waals surface area contributed by atoms with Crippen molar-refractivity contribution in [1.82, 2.24) is 0 Å². The molecule has 2 aromatic rings. The van der Waals surface area contributed by atoms with E-state index in [2.05, 4.69) is 41.9 Å². The van der Waals surface area contributed by atoms with Gasteiger partial charge in [0, 0.05) is 10.2 Å². The molecule has 0 spiro atoms. The van der Waals surface area contributed by atoms with E-state index in [9.17, 15) is 9.59 Å². The SMILES string of the molecule is COC(=O)c1ccc(NC(=O)[C@H](C)Oc2ccc(Br)cc2Br)cc1. The van der Waals surface area contributed by atoms with Crippen molar-refractivity contribution in [3.8, 4) is 5.75 Å². The summed E-state index contributed by atoms with van der Waals surface area (Å²) in [6.45, 7) is 1.66. The van der Waals surface area contributed by atoms with Crippen LogP contribution in [0.15, 0.2) is 51.4 Å². The molecule has 2 rings (SSSR count). The normalized spacial score (nSPS) is 11.5. The second-order valence-corrected chi connectivity index (χ2v) is 6.66. The molecule has 1 atom stereocenters. The van der Waals surface area contributed by atoms with Gasteiger partial charge in [0.1, 0.15) is 5.75 Å². The molecular weight excluding hydrogens is 442 g/mol. The van der Waals surface area contributed by atoms with Crippen molar-refractivity contribution in [1.29, 1.82) is 0 Å². The van der Waals surface area contributed by atoms with Crippen LogP contribution in [0.5, 0.6) is 5.75 Å². The van der Waals surface area contributed by atoms with E-state index >= 15 is 0 Å². The lowest BCUT2D eigenvalue weighted by Gasteiger charge is -2.16. The fourth-order valence-corrected chi connectivity index (χ4v) is 3.01. The number of ether oxygens (including phenoxy) is 2. The van der Waals surface area contributed by atoms with E-state index in [4.69, 9.17) is 4.74 Å². The minimum Gasteiger partial charge on any atom is -0.480 e. The molecule has 0 saturated heterocycles. The number of rotatable bonds is 5. The molecule has 0 aliphatic heterocycles. The number of esters is 1. The third-order valence-corrected chi connectivity index (χ3v) is 4.25. The van der Waals surface area contributed by atoms with Gasteiger partial charge in [-0.2, -0.15) is 0 Å². The Morgan fingerprint density at radius 3 is 2.33 bits per heavy atom. The van der Waals surface area contributed by atoms with Gasteiger partial charge in [-0.05, 0) is 65.3 Å². The third kappa shape index (κ3) is 4.82. The summed E-state index contributed by atoms with van der Waals surface area (Å²) >= 11 is 6.75. The number of anilines is 1. The highest BCUT2D eigenvalue weighted by Gasteiger charge is 2.16. The van der Waals surface area contributed by atoms with Gasteiger partial charge >= 0.3 is 5.97 Å². The highest BCUT2D eigenvalue weighted by molar-refractivity contribution is 9.11. The largest absolute Gasteiger partial charge is 0.480 e. The van der Waals surface area contributed by atoms with E-state index in [0.29, 0.717) is 17.0 Å². The minimum absolute atomic E-state index is 0.296. The quantitative estimate of drug-likeness (QED) is 0.677. The molecule has 0 aromatic heterocycles. The summed E-state index contributed by atoms with van der Waals surface area (Å²) in [5, 5.41) is 2.74. The molecule has 0 fully saturated rings. The maximum atomic E-state index is 12.2. The molecule has 1 amide bonds. The summed E-state index contributed by atoms with van der Waals surface area (Å²) in [6, 6.07) is 11.9. The van der Waals surface area contributed by atoms with Crippen molar-refractivity contribution in [2.45, 2.75) is 13.0 Å². The predicted molar refractivity (Wildman–Crippen MR) is 98.3 cm³/mol. The summed E-state index contributed by atoms with van der Waals surface area (Å²) in [5.74, 6) is -0.151. The smallest absolute Gasteiger partial charge is 0.337 e. The molecule has 0 saturated carbocycles. The lowest BCUT2D eigenvalue weighted by atomic mass is 10.2. The average Bonchev–Trinajstić information content (AvgIpc) is 2.57. The molecule has 0 unspecified atom stereocenters. The Morgan fingerprint density at radius 2 is 1.75 bits per heavy atom. The van der Waals surface area contributed by atoms with E-state index in [0.717, 1.165) is 8.95 Å². The second kappa shape index (κ2) is 8.30. The molecule has 0 aliphatic carbocycles. The first kappa shape index (κ1) is 18.5. The van der Waals surface area contributed by atoms with E-state index < -0.39 is 12.1 Å². The van der Waals surface area contributed by atoms with Crippen molar-refractivity contribution in [2.24, 2.45) is 0 Å². The van der Waals surface area contributed by atoms with Crippen LogP contribution in [0.1, 0.15) is 17.3 Å². The molecule has 24 heavy (non-hydrogen) atoms. The zero-order chi connectivity index (χ0) is 17.7. The highest BCUT2D eigenvalue weighted by Crippen LogP contribution is 2.29. The first-order valence-electron chi connectivity index (χ1n) is 7.01. The number of hydrogen-bond donors (Lipinski definition) is 1. The third-order valence-electron chi connectivity index (χ3n) is 3.14. The number of carbonyl (C=O) groups excluding carboxylic acids is 2. The Kier molecular flexibility index (Phi) is 6.39. The number of halogens is 2. The molecule has 1 N–H and O–H groups in total. The summed E-state index contributed by atoms with van der Waals surface area (Å²) in [4.78, 5) is 23.6. The van der Waals surface area contributed by atoms with Crippen LogP contribution < -0.4 is 10.1 Å². The van der Waals surface area contributed by atoms with Gasteiger partial charge in [0.2, 0.25) is 0 Å². The standard InChI is InChI=1S/C17H15Br2NO4/c1-10(24-15-8-5-12(18)9-14(15)19)16(21)20-13-6-3-11(4-7-13)17(22)23-2/h3-10H,1-2H3,(H,20,21)/t10-/m0/s1. The van der Waals surface area contributed by atoms with Gasteiger partial charge in [-0.25, -0.2) is 4.79 Å². The van der Waals surface area contributed by atoms with Gasteiger partial charge < -0.3 is 14.8 Å². The molecule has 0 radical (unpaired) electrons. The Labute approximate surface area is 156 Å². The van der Waals surface area contributed by atoms with Gasteiger partial charge in [0.05, 0.1) is 17.1 Å². The van der Waals surface area contributed by atoms with Crippen molar-refractivity contribution >= 4 is 49.4 Å². The molecule has 0 aliphatic rings. The topological polar surface area (TPSA) is 64.6 Å². The number of amides is 1. The summed E-state index contributed by atoms with van der Waals surface area (Å²) in [6.07, 6.45) is -0.692. The van der Waals surface area contributed by atoms with Crippen LogP contribution >= 0.6 is 31.9 Å². The molecular formula is C17H15Br2NO4. The maximum Gasteiger partial charge on any atom is 0.337 e. The van der Waals surface area contributed by atoms with Crippen LogP contribution in [0, 0.1) is 0 Å². The lowest BCUT2D eigenvalue weighted by molar-refractivity contribution is -0.122. The molecule has 0 heterocycles. The number of carbonyl (C=O) groups is 2. The fraction of sp³-hybridized carbons (Fsp3) is 0.176. The van der Waals surface area contributed by atoms with Crippen molar-refractivity contribution < 1.29 is 19.1 Å². The van der Waals surface area contributed by atoms with Gasteiger partial charge in [0.25, 0.3) is 5.91 Å². The van der Waals surface area contributed by atoms with E-state index in [1.165, 1.54) is 7.11 Å². The van der Waals surface area contributed by atoms with E-state index in [1.807, 2.05) is 12.1 Å². The number of benzene rings is 2. The summed E-state index contributed by atoms with van der Waals surface area (Å²) in [7, 11) is 1.32. The predicted octanol–water partition coefficient (Wildman–Crippen LogP) is 4.40. The Bertz CT molecular complexity index is 747. The number of methoxy groups -OCH3 is 1. The van der Waals surface area contributed by atoms with Crippen LogP contribution in [0.3, 0.4) is 0 Å². The Hall–Kier alpha value is -1.86.